The van der Waals surface area contributed by atoms with E-state index in [1.807, 2.05) is 4.90 Å². The SMILES string of the molecule is Cl.NCC1CN(Cc2ccccc2C(F)(F)F)CCO1. The molecule has 3 nitrogen and oxygen atoms in total. The van der Waals surface area contributed by atoms with Crippen molar-refractivity contribution in [3.05, 3.63) is 35.4 Å². The summed E-state index contributed by atoms with van der Waals surface area (Å²) in [4.78, 5) is 1.95. The van der Waals surface area contributed by atoms with Gasteiger partial charge in [0.2, 0.25) is 0 Å². The van der Waals surface area contributed by atoms with Gasteiger partial charge in [0.15, 0.2) is 0 Å². The van der Waals surface area contributed by atoms with E-state index in [1.54, 1.807) is 6.07 Å². The van der Waals surface area contributed by atoms with Crippen LogP contribution in [0.15, 0.2) is 24.3 Å². The molecule has 0 spiro atoms. The first-order valence-electron chi connectivity index (χ1n) is 6.20. The Morgan fingerprint density at radius 3 is 2.65 bits per heavy atom. The van der Waals surface area contributed by atoms with E-state index in [2.05, 4.69) is 0 Å². The molecule has 0 radical (unpaired) electrons. The average Bonchev–Trinajstić information content (AvgIpc) is 2.38. The molecular formula is C13H18ClF3N2O. The van der Waals surface area contributed by atoms with Gasteiger partial charge in [0.1, 0.15) is 0 Å². The van der Waals surface area contributed by atoms with Crippen LogP contribution in [-0.2, 0) is 17.5 Å². The smallest absolute Gasteiger partial charge is 0.374 e. The number of benzene rings is 1. The minimum Gasteiger partial charge on any atom is -0.374 e. The molecule has 2 rings (SSSR count). The maximum absolute atomic E-state index is 12.9. The lowest BCUT2D eigenvalue weighted by atomic mass is 10.1. The zero-order valence-electron chi connectivity index (χ0n) is 10.9. The molecule has 1 unspecified atom stereocenters. The molecule has 1 heterocycles. The van der Waals surface area contributed by atoms with Gasteiger partial charge in [-0.3, -0.25) is 4.90 Å². The fourth-order valence-electron chi connectivity index (χ4n) is 2.24. The van der Waals surface area contributed by atoms with E-state index < -0.39 is 11.7 Å². The van der Waals surface area contributed by atoms with Crippen LogP contribution in [0.5, 0.6) is 0 Å². The maximum atomic E-state index is 12.9. The molecule has 7 heteroatoms. The second-order valence-corrected chi connectivity index (χ2v) is 4.62. The highest BCUT2D eigenvalue weighted by atomic mass is 35.5. The van der Waals surface area contributed by atoms with Gasteiger partial charge >= 0.3 is 6.18 Å². The molecule has 1 aliphatic heterocycles. The third-order valence-electron chi connectivity index (χ3n) is 3.20. The molecule has 0 aliphatic carbocycles. The van der Waals surface area contributed by atoms with Crippen LogP contribution in [-0.4, -0.2) is 37.2 Å². The molecule has 0 saturated carbocycles. The summed E-state index contributed by atoms with van der Waals surface area (Å²) in [5.74, 6) is 0. The molecular weight excluding hydrogens is 293 g/mol. The van der Waals surface area contributed by atoms with E-state index >= 15 is 0 Å². The topological polar surface area (TPSA) is 38.5 Å². The predicted octanol–water partition coefficient (Wildman–Crippen LogP) is 2.29. The number of hydrogen-bond donors (Lipinski definition) is 1. The summed E-state index contributed by atoms with van der Waals surface area (Å²) in [6.07, 6.45) is -4.40. The van der Waals surface area contributed by atoms with E-state index in [0.29, 0.717) is 31.8 Å². The Kier molecular flexibility index (Phi) is 6.26. The second kappa shape index (κ2) is 7.26. The number of morpholine rings is 1. The molecule has 1 aromatic rings. The first-order valence-corrected chi connectivity index (χ1v) is 6.20. The van der Waals surface area contributed by atoms with Crippen LogP contribution in [0.25, 0.3) is 0 Å². The van der Waals surface area contributed by atoms with Gasteiger partial charge in [-0.25, -0.2) is 0 Å². The number of hydrogen-bond acceptors (Lipinski definition) is 3. The lowest BCUT2D eigenvalue weighted by molar-refractivity contribution is -0.138. The molecule has 1 atom stereocenters. The predicted molar refractivity (Wildman–Crippen MR) is 72.8 cm³/mol. The van der Waals surface area contributed by atoms with Crippen molar-refractivity contribution in [2.75, 3.05) is 26.2 Å². The van der Waals surface area contributed by atoms with E-state index in [4.69, 9.17) is 10.5 Å². The van der Waals surface area contributed by atoms with Crippen molar-refractivity contribution in [2.24, 2.45) is 5.73 Å². The fourth-order valence-corrected chi connectivity index (χ4v) is 2.24. The van der Waals surface area contributed by atoms with Crippen molar-refractivity contribution >= 4 is 12.4 Å². The minimum atomic E-state index is -4.31. The molecule has 0 amide bonds. The van der Waals surface area contributed by atoms with Gasteiger partial charge in [-0.2, -0.15) is 13.2 Å². The van der Waals surface area contributed by atoms with Crippen LogP contribution in [0, 0.1) is 0 Å². The largest absolute Gasteiger partial charge is 0.416 e. The van der Waals surface area contributed by atoms with E-state index in [1.165, 1.54) is 12.1 Å². The Bertz CT molecular complexity index is 428. The molecule has 0 bridgehead atoms. The molecule has 20 heavy (non-hydrogen) atoms. The Balaban J connectivity index is 0.00000200. The van der Waals surface area contributed by atoms with Crippen LogP contribution in [0.1, 0.15) is 11.1 Å². The van der Waals surface area contributed by atoms with Gasteiger partial charge in [-0.15, -0.1) is 12.4 Å². The van der Waals surface area contributed by atoms with Gasteiger partial charge in [0.25, 0.3) is 0 Å². The zero-order chi connectivity index (χ0) is 13.9. The third-order valence-corrected chi connectivity index (χ3v) is 3.20. The number of rotatable bonds is 3. The minimum absolute atomic E-state index is 0. The number of alkyl halides is 3. The van der Waals surface area contributed by atoms with E-state index in [-0.39, 0.29) is 25.1 Å². The lowest BCUT2D eigenvalue weighted by Crippen LogP contribution is -2.45. The molecule has 1 aromatic carbocycles. The quantitative estimate of drug-likeness (QED) is 0.931. The summed E-state index contributed by atoms with van der Waals surface area (Å²) >= 11 is 0. The van der Waals surface area contributed by atoms with Crippen molar-refractivity contribution < 1.29 is 17.9 Å². The summed E-state index contributed by atoms with van der Waals surface area (Å²) in [7, 11) is 0. The van der Waals surface area contributed by atoms with Crippen LogP contribution in [0.4, 0.5) is 13.2 Å². The van der Waals surface area contributed by atoms with E-state index in [0.717, 1.165) is 6.07 Å². The number of ether oxygens (including phenoxy) is 1. The zero-order valence-corrected chi connectivity index (χ0v) is 11.7. The van der Waals surface area contributed by atoms with Gasteiger partial charge in [-0.1, -0.05) is 18.2 Å². The molecule has 1 fully saturated rings. The highest BCUT2D eigenvalue weighted by Gasteiger charge is 2.33. The summed E-state index contributed by atoms with van der Waals surface area (Å²) in [5.41, 5.74) is 5.26. The Morgan fingerprint density at radius 2 is 2.00 bits per heavy atom. The van der Waals surface area contributed by atoms with Crippen LogP contribution >= 0.6 is 12.4 Å². The van der Waals surface area contributed by atoms with Crippen molar-refractivity contribution in [3.63, 3.8) is 0 Å². The fraction of sp³-hybridized carbons (Fsp3) is 0.538. The molecule has 1 aliphatic rings. The van der Waals surface area contributed by atoms with Crippen LogP contribution in [0.3, 0.4) is 0 Å². The van der Waals surface area contributed by atoms with Crippen molar-refractivity contribution in [1.29, 1.82) is 0 Å². The lowest BCUT2D eigenvalue weighted by Gasteiger charge is -2.32. The van der Waals surface area contributed by atoms with Crippen LogP contribution in [0.2, 0.25) is 0 Å². The van der Waals surface area contributed by atoms with Gasteiger partial charge in [0.05, 0.1) is 18.3 Å². The van der Waals surface area contributed by atoms with Crippen molar-refractivity contribution in [3.8, 4) is 0 Å². The maximum Gasteiger partial charge on any atom is 0.416 e. The third kappa shape index (κ3) is 4.34. The second-order valence-electron chi connectivity index (χ2n) is 4.62. The average molecular weight is 311 g/mol. The Hall–Kier alpha value is -0.820. The summed E-state index contributed by atoms with van der Waals surface area (Å²) in [6.45, 7) is 2.37. The van der Waals surface area contributed by atoms with E-state index in [9.17, 15) is 13.2 Å². The number of nitrogens with zero attached hydrogens (tertiary/aromatic N) is 1. The Labute approximate surface area is 122 Å². The monoisotopic (exact) mass is 310 g/mol. The molecule has 1 saturated heterocycles. The summed E-state index contributed by atoms with van der Waals surface area (Å²) < 4.78 is 44.1. The van der Waals surface area contributed by atoms with Gasteiger partial charge in [0, 0.05) is 26.2 Å². The van der Waals surface area contributed by atoms with Gasteiger partial charge in [-0.05, 0) is 11.6 Å². The summed E-state index contributed by atoms with van der Waals surface area (Å²) in [6, 6.07) is 5.69. The highest BCUT2D eigenvalue weighted by Crippen LogP contribution is 2.32. The first-order chi connectivity index (χ1) is 9.00. The van der Waals surface area contributed by atoms with Crippen molar-refractivity contribution in [2.45, 2.75) is 18.8 Å². The molecule has 2 N–H and O–H groups in total. The summed E-state index contributed by atoms with van der Waals surface area (Å²) in [5, 5.41) is 0. The number of halogens is 4. The number of nitrogens with two attached hydrogens (primary N) is 1. The molecule has 0 aromatic heterocycles. The van der Waals surface area contributed by atoms with Crippen LogP contribution < -0.4 is 5.73 Å². The molecule has 114 valence electrons. The van der Waals surface area contributed by atoms with Crippen molar-refractivity contribution in [1.82, 2.24) is 4.90 Å². The van der Waals surface area contributed by atoms with Gasteiger partial charge < -0.3 is 10.5 Å². The standard InChI is InChI=1S/C13H17F3N2O.ClH/c14-13(15,16)12-4-2-1-3-10(12)8-18-5-6-19-11(7-17)9-18;/h1-4,11H,5-9,17H2;1H. The Morgan fingerprint density at radius 1 is 1.30 bits per heavy atom. The normalized spacial score (nSPS) is 20.5. The highest BCUT2D eigenvalue weighted by molar-refractivity contribution is 5.85. The first kappa shape index (κ1) is 17.2.